The van der Waals surface area contributed by atoms with Crippen LogP contribution in [0.5, 0.6) is 5.75 Å². The number of rotatable bonds is 3. The van der Waals surface area contributed by atoms with Crippen LogP contribution in [0, 0.1) is 0 Å². The highest BCUT2D eigenvalue weighted by molar-refractivity contribution is 5.61. The standard InChI is InChI=1S/C21H34N2O/c1-20(2,3)22-12-7-8-17(22)15-24-18-9-10-19-16(14-18)11-13-23(19)21(4,5)6/h9-10,14,17H,7-8,11-13,15H2,1-6H3. The highest BCUT2D eigenvalue weighted by Gasteiger charge is 2.33. The molecule has 1 saturated heterocycles. The van der Waals surface area contributed by atoms with Gasteiger partial charge >= 0.3 is 0 Å². The number of nitrogens with zero attached hydrogens (tertiary/aromatic N) is 2. The fourth-order valence-corrected chi connectivity index (χ4v) is 4.25. The Morgan fingerprint density at radius 2 is 1.79 bits per heavy atom. The monoisotopic (exact) mass is 330 g/mol. The van der Waals surface area contributed by atoms with Crippen molar-refractivity contribution in [2.45, 2.75) is 77.9 Å². The van der Waals surface area contributed by atoms with E-state index < -0.39 is 0 Å². The number of hydrogen-bond acceptors (Lipinski definition) is 3. The van der Waals surface area contributed by atoms with Crippen LogP contribution in [0.2, 0.25) is 0 Å². The SMILES string of the molecule is CC(C)(C)N1CCc2cc(OCC3CCCN3C(C)(C)C)ccc21. The normalized spacial score (nSPS) is 22.1. The summed E-state index contributed by atoms with van der Waals surface area (Å²) in [5.41, 5.74) is 3.23. The van der Waals surface area contributed by atoms with E-state index in [0.29, 0.717) is 6.04 Å². The maximum absolute atomic E-state index is 6.20. The maximum Gasteiger partial charge on any atom is 0.119 e. The van der Waals surface area contributed by atoms with Gasteiger partial charge in [0.05, 0.1) is 0 Å². The minimum atomic E-state index is 0.185. The van der Waals surface area contributed by atoms with Gasteiger partial charge < -0.3 is 9.64 Å². The minimum absolute atomic E-state index is 0.185. The fraction of sp³-hybridized carbons (Fsp3) is 0.714. The summed E-state index contributed by atoms with van der Waals surface area (Å²) in [4.78, 5) is 5.10. The summed E-state index contributed by atoms with van der Waals surface area (Å²) in [6, 6.07) is 7.21. The van der Waals surface area contributed by atoms with Crippen molar-refractivity contribution < 1.29 is 4.74 Å². The third-order valence-electron chi connectivity index (χ3n) is 5.44. The van der Waals surface area contributed by atoms with Gasteiger partial charge in [-0.3, -0.25) is 4.90 Å². The topological polar surface area (TPSA) is 15.7 Å². The lowest BCUT2D eigenvalue weighted by atomic mass is 10.0. The zero-order valence-electron chi connectivity index (χ0n) is 16.4. The average Bonchev–Trinajstić information content (AvgIpc) is 3.10. The Morgan fingerprint density at radius 1 is 1.04 bits per heavy atom. The number of ether oxygens (including phenoxy) is 1. The quantitative estimate of drug-likeness (QED) is 0.812. The van der Waals surface area contributed by atoms with Crippen LogP contribution in [0.4, 0.5) is 5.69 Å². The molecule has 2 aliphatic heterocycles. The fourth-order valence-electron chi connectivity index (χ4n) is 4.25. The zero-order chi connectivity index (χ0) is 17.5. The van der Waals surface area contributed by atoms with Crippen molar-refractivity contribution in [3.63, 3.8) is 0 Å². The van der Waals surface area contributed by atoms with Gasteiger partial charge in [-0.2, -0.15) is 0 Å². The van der Waals surface area contributed by atoms with Crippen LogP contribution in [0.25, 0.3) is 0 Å². The van der Waals surface area contributed by atoms with E-state index in [1.54, 1.807) is 0 Å². The van der Waals surface area contributed by atoms with E-state index in [-0.39, 0.29) is 11.1 Å². The molecule has 2 heterocycles. The highest BCUT2D eigenvalue weighted by Crippen LogP contribution is 2.36. The second kappa shape index (κ2) is 6.25. The van der Waals surface area contributed by atoms with E-state index in [1.807, 2.05) is 0 Å². The molecule has 0 bridgehead atoms. The third kappa shape index (κ3) is 3.56. The minimum Gasteiger partial charge on any atom is -0.492 e. The van der Waals surface area contributed by atoms with Gasteiger partial charge in [-0.1, -0.05) is 0 Å². The molecule has 0 saturated carbocycles. The van der Waals surface area contributed by atoms with Gasteiger partial charge in [-0.25, -0.2) is 0 Å². The van der Waals surface area contributed by atoms with Crippen LogP contribution >= 0.6 is 0 Å². The summed E-state index contributed by atoms with van der Waals surface area (Å²) in [6.07, 6.45) is 3.66. The molecular weight excluding hydrogens is 296 g/mol. The molecule has 24 heavy (non-hydrogen) atoms. The molecule has 3 rings (SSSR count). The molecule has 0 N–H and O–H groups in total. The van der Waals surface area contributed by atoms with Gasteiger partial charge in [0, 0.05) is 29.4 Å². The summed E-state index contributed by atoms with van der Waals surface area (Å²) in [7, 11) is 0. The van der Waals surface area contributed by atoms with Crippen molar-refractivity contribution in [2.75, 3.05) is 24.6 Å². The molecule has 2 aliphatic rings. The van der Waals surface area contributed by atoms with Crippen LogP contribution in [-0.4, -0.2) is 41.7 Å². The predicted molar refractivity (Wildman–Crippen MR) is 102 cm³/mol. The van der Waals surface area contributed by atoms with E-state index in [4.69, 9.17) is 4.74 Å². The molecule has 1 atom stereocenters. The molecule has 3 nitrogen and oxygen atoms in total. The lowest BCUT2D eigenvalue weighted by Gasteiger charge is -2.36. The van der Waals surface area contributed by atoms with Crippen molar-refractivity contribution in [1.82, 2.24) is 4.90 Å². The predicted octanol–water partition coefficient (Wildman–Crippen LogP) is 4.49. The Morgan fingerprint density at radius 3 is 2.46 bits per heavy atom. The molecule has 1 fully saturated rings. The lowest BCUT2D eigenvalue weighted by molar-refractivity contribution is 0.0878. The zero-order valence-corrected chi connectivity index (χ0v) is 16.4. The summed E-state index contributed by atoms with van der Waals surface area (Å²) in [5.74, 6) is 1.03. The molecular formula is C21H34N2O. The van der Waals surface area contributed by atoms with Gasteiger partial charge in [0.2, 0.25) is 0 Å². The van der Waals surface area contributed by atoms with E-state index in [0.717, 1.165) is 25.3 Å². The van der Waals surface area contributed by atoms with Crippen molar-refractivity contribution in [1.29, 1.82) is 0 Å². The molecule has 134 valence electrons. The first-order valence-corrected chi connectivity index (χ1v) is 9.46. The Hall–Kier alpha value is -1.22. The summed E-state index contributed by atoms with van der Waals surface area (Å²) >= 11 is 0. The van der Waals surface area contributed by atoms with Crippen LogP contribution in [0.3, 0.4) is 0 Å². The van der Waals surface area contributed by atoms with Gasteiger partial charge in [-0.05, 0) is 91.1 Å². The lowest BCUT2D eigenvalue weighted by Crippen LogP contribution is -2.46. The molecule has 0 spiro atoms. The molecule has 1 unspecified atom stereocenters. The van der Waals surface area contributed by atoms with Gasteiger partial charge in [-0.15, -0.1) is 0 Å². The Labute approximate surface area is 148 Å². The van der Waals surface area contributed by atoms with E-state index >= 15 is 0 Å². The second-order valence-corrected chi connectivity index (χ2v) is 9.33. The maximum atomic E-state index is 6.20. The largest absolute Gasteiger partial charge is 0.492 e. The molecule has 0 aromatic heterocycles. The molecule has 3 heteroatoms. The molecule has 0 aliphatic carbocycles. The number of fused-ring (bicyclic) bond motifs is 1. The van der Waals surface area contributed by atoms with Crippen molar-refractivity contribution in [2.24, 2.45) is 0 Å². The van der Waals surface area contributed by atoms with Gasteiger partial charge in [0.1, 0.15) is 12.4 Å². The van der Waals surface area contributed by atoms with Crippen molar-refractivity contribution >= 4 is 5.69 Å². The Kier molecular flexibility index (Phi) is 4.59. The first-order chi connectivity index (χ1) is 11.2. The molecule has 1 aromatic rings. The van der Waals surface area contributed by atoms with E-state index in [1.165, 1.54) is 30.6 Å². The first-order valence-electron chi connectivity index (χ1n) is 9.46. The molecule has 0 amide bonds. The smallest absolute Gasteiger partial charge is 0.119 e. The number of benzene rings is 1. The van der Waals surface area contributed by atoms with Crippen LogP contribution in [0.1, 0.15) is 59.9 Å². The second-order valence-electron chi connectivity index (χ2n) is 9.33. The van der Waals surface area contributed by atoms with Gasteiger partial charge in [0.15, 0.2) is 0 Å². The first kappa shape index (κ1) is 17.6. The average molecular weight is 331 g/mol. The molecule has 0 radical (unpaired) electrons. The third-order valence-corrected chi connectivity index (χ3v) is 5.44. The van der Waals surface area contributed by atoms with E-state index in [9.17, 15) is 0 Å². The summed E-state index contributed by atoms with van der Waals surface area (Å²) in [6.45, 7) is 16.9. The van der Waals surface area contributed by atoms with Crippen LogP contribution < -0.4 is 9.64 Å². The van der Waals surface area contributed by atoms with Crippen molar-refractivity contribution in [3.8, 4) is 5.75 Å². The summed E-state index contributed by atoms with van der Waals surface area (Å²) < 4.78 is 6.20. The number of likely N-dealkylation sites (tertiary alicyclic amines) is 1. The number of anilines is 1. The van der Waals surface area contributed by atoms with Crippen molar-refractivity contribution in [3.05, 3.63) is 23.8 Å². The molecule has 1 aromatic carbocycles. The Bertz CT molecular complexity index is 582. The van der Waals surface area contributed by atoms with Gasteiger partial charge in [0.25, 0.3) is 0 Å². The van der Waals surface area contributed by atoms with Crippen LogP contribution in [0.15, 0.2) is 18.2 Å². The number of hydrogen-bond donors (Lipinski definition) is 0. The van der Waals surface area contributed by atoms with E-state index in [2.05, 4.69) is 69.5 Å². The highest BCUT2D eigenvalue weighted by atomic mass is 16.5. The van der Waals surface area contributed by atoms with Crippen LogP contribution in [-0.2, 0) is 6.42 Å². The Balaban J connectivity index is 1.66. The summed E-state index contributed by atoms with van der Waals surface area (Å²) in [5, 5.41) is 0.